The Morgan fingerprint density at radius 2 is 1.93 bits per heavy atom. The molecule has 0 aliphatic carbocycles. The van der Waals surface area contributed by atoms with Crippen LogP contribution >= 0.6 is 11.6 Å². The molecule has 0 aromatic heterocycles. The van der Waals surface area contributed by atoms with E-state index in [1.54, 1.807) is 24.3 Å². The summed E-state index contributed by atoms with van der Waals surface area (Å²) < 4.78 is 5.62. The lowest BCUT2D eigenvalue weighted by molar-refractivity contribution is 0.115. The highest BCUT2D eigenvalue weighted by molar-refractivity contribution is 6.30. The van der Waals surface area contributed by atoms with Crippen LogP contribution in [-0.2, 0) is 0 Å². The fraction of sp³-hybridized carbons (Fsp3) is 0.364. The Labute approximate surface area is 89.1 Å². The molecule has 1 aromatic rings. The Balaban J connectivity index is 2.69. The number of hydrogen-bond acceptors (Lipinski definition) is 2. The van der Waals surface area contributed by atoms with Crippen molar-refractivity contribution in [3.05, 3.63) is 29.3 Å². The monoisotopic (exact) mass is 209 g/mol. The molecule has 0 radical (unpaired) electrons. The van der Waals surface area contributed by atoms with E-state index >= 15 is 0 Å². The van der Waals surface area contributed by atoms with Gasteiger partial charge in [0, 0.05) is 5.02 Å². The van der Waals surface area contributed by atoms with Gasteiger partial charge in [-0.05, 0) is 38.1 Å². The second kappa shape index (κ2) is 4.34. The number of benzene rings is 1. The Hall–Kier alpha value is -1.20. The average molecular weight is 210 g/mol. The number of rotatable bonds is 3. The lowest BCUT2D eigenvalue weighted by atomic mass is 10.1. The number of halogens is 1. The van der Waals surface area contributed by atoms with E-state index in [0.717, 1.165) is 5.75 Å². The zero-order chi connectivity index (χ0) is 10.6. The third kappa shape index (κ3) is 3.27. The van der Waals surface area contributed by atoms with E-state index in [4.69, 9.17) is 21.6 Å². The summed E-state index contributed by atoms with van der Waals surface area (Å²) in [5.74, 6) is 0.731. The summed E-state index contributed by atoms with van der Waals surface area (Å²) in [4.78, 5) is 0. The van der Waals surface area contributed by atoms with Crippen LogP contribution in [0.4, 0.5) is 0 Å². The van der Waals surface area contributed by atoms with Crippen LogP contribution < -0.4 is 4.74 Å². The van der Waals surface area contributed by atoms with Crippen LogP contribution in [0.1, 0.15) is 20.3 Å². The molecule has 0 amide bonds. The minimum absolute atomic E-state index is 0.357. The van der Waals surface area contributed by atoms with Crippen molar-refractivity contribution in [3.8, 4) is 11.8 Å². The van der Waals surface area contributed by atoms with Crippen LogP contribution in [0.25, 0.3) is 0 Å². The second-order valence-electron chi connectivity index (χ2n) is 3.65. The molecule has 0 N–H and O–H groups in total. The molecule has 0 bridgehead atoms. The van der Waals surface area contributed by atoms with Crippen molar-refractivity contribution in [2.45, 2.75) is 25.9 Å². The Kier molecular flexibility index (Phi) is 3.38. The smallest absolute Gasteiger partial charge is 0.120 e. The Morgan fingerprint density at radius 3 is 2.43 bits per heavy atom. The van der Waals surface area contributed by atoms with Gasteiger partial charge in [0.15, 0.2) is 0 Å². The van der Waals surface area contributed by atoms with Gasteiger partial charge in [0.05, 0.1) is 12.5 Å². The predicted octanol–water partition coefficient (Wildman–Crippen LogP) is 3.41. The van der Waals surface area contributed by atoms with Gasteiger partial charge in [-0.25, -0.2) is 0 Å². The topological polar surface area (TPSA) is 33.0 Å². The van der Waals surface area contributed by atoms with Gasteiger partial charge in [-0.3, -0.25) is 0 Å². The maximum atomic E-state index is 8.57. The standard InChI is InChI=1S/C11H12ClNO/c1-11(2,7-8-13)14-10-5-3-9(12)4-6-10/h3-6H,7H2,1-2H3. The molecule has 0 saturated heterocycles. The summed E-state index contributed by atoms with van der Waals surface area (Å²) >= 11 is 5.74. The van der Waals surface area contributed by atoms with Crippen LogP contribution in [-0.4, -0.2) is 5.60 Å². The minimum Gasteiger partial charge on any atom is -0.487 e. The lowest BCUT2D eigenvalue weighted by Gasteiger charge is -2.23. The average Bonchev–Trinajstić information content (AvgIpc) is 2.08. The first-order chi connectivity index (χ1) is 6.53. The Morgan fingerprint density at radius 1 is 1.36 bits per heavy atom. The molecule has 0 spiro atoms. The highest BCUT2D eigenvalue weighted by atomic mass is 35.5. The molecule has 0 atom stereocenters. The van der Waals surface area contributed by atoms with Crippen molar-refractivity contribution < 1.29 is 4.74 Å². The van der Waals surface area contributed by atoms with Crippen LogP contribution in [0.15, 0.2) is 24.3 Å². The van der Waals surface area contributed by atoms with E-state index in [1.165, 1.54) is 0 Å². The highest BCUT2D eigenvalue weighted by Crippen LogP contribution is 2.22. The maximum absolute atomic E-state index is 8.57. The van der Waals surface area contributed by atoms with E-state index in [9.17, 15) is 0 Å². The van der Waals surface area contributed by atoms with E-state index < -0.39 is 5.60 Å². The van der Waals surface area contributed by atoms with E-state index in [2.05, 4.69) is 6.07 Å². The van der Waals surface area contributed by atoms with Crippen LogP contribution in [0, 0.1) is 11.3 Å². The van der Waals surface area contributed by atoms with E-state index in [1.807, 2.05) is 13.8 Å². The molecule has 1 aromatic carbocycles. The molecule has 0 fully saturated rings. The fourth-order valence-corrected chi connectivity index (χ4v) is 1.17. The van der Waals surface area contributed by atoms with Gasteiger partial charge in [0.2, 0.25) is 0 Å². The van der Waals surface area contributed by atoms with Gasteiger partial charge in [0.1, 0.15) is 11.4 Å². The van der Waals surface area contributed by atoms with Gasteiger partial charge < -0.3 is 4.74 Å². The highest BCUT2D eigenvalue weighted by Gasteiger charge is 2.18. The quantitative estimate of drug-likeness (QED) is 0.764. The molecular formula is C11H12ClNO. The summed E-state index contributed by atoms with van der Waals surface area (Å²) in [5.41, 5.74) is -0.456. The zero-order valence-corrected chi connectivity index (χ0v) is 9.01. The maximum Gasteiger partial charge on any atom is 0.120 e. The predicted molar refractivity (Wildman–Crippen MR) is 56.4 cm³/mol. The molecule has 0 aliphatic rings. The van der Waals surface area contributed by atoms with Crippen molar-refractivity contribution in [2.75, 3.05) is 0 Å². The van der Waals surface area contributed by atoms with Crippen LogP contribution in [0.2, 0.25) is 5.02 Å². The van der Waals surface area contributed by atoms with Crippen molar-refractivity contribution in [3.63, 3.8) is 0 Å². The van der Waals surface area contributed by atoms with Crippen molar-refractivity contribution >= 4 is 11.6 Å². The third-order valence-electron chi connectivity index (χ3n) is 1.71. The first kappa shape index (κ1) is 10.9. The number of hydrogen-bond donors (Lipinski definition) is 0. The van der Waals surface area contributed by atoms with Crippen LogP contribution in [0.3, 0.4) is 0 Å². The van der Waals surface area contributed by atoms with Gasteiger partial charge >= 0.3 is 0 Å². The summed E-state index contributed by atoms with van der Waals surface area (Å²) in [6.45, 7) is 3.76. The fourth-order valence-electron chi connectivity index (χ4n) is 1.05. The molecule has 2 nitrogen and oxygen atoms in total. The Bertz CT molecular complexity index is 337. The second-order valence-corrected chi connectivity index (χ2v) is 4.09. The first-order valence-electron chi connectivity index (χ1n) is 4.35. The molecule has 0 saturated carbocycles. The lowest BCUT2D eigenvalue weighted by Crippen LogP contribution is -2.27. The minimum atomic E-state index is -0.456. The van der Waals surface area contributed by atoms with Crippen LogP contribution in [0.5, 0.6) is 5.75 Å². The van der Waals surface area contributed by atoms with Crippen molar-refractivity contribution in [2.24, 2.45) is 0 Å². The molecule has 1 rings (SSSR count). The summed E-state index contributed by atoms with van der Waals surface area (Å²) in [6.07, 6.45) is 0.357. The molecule has 0 heterocycles. The van der Waals surface area contributed by atoms with Gasteiger partial charge in [-0.2, -0.15) is 5.26 Å². The largest absolute Gasteiger partial charge is 0.487 e. The molecule has 74 valence electrons. The number of nitrogens with zero attached hydrogens (tertiary/aromatic N) is 1. The molecule has 0 aliphatic heterocycles. The molecular weight excluding hydrogens is 198 g/mol. The van der Waals surface area contributed by atoms with Crippen molar-refractivity contribution in [1.82, 2.24) is 0 Å². The third-order valence-corrected chi connectivity index (χ3v) is 1.96. The normalized spacial score (nSPS) is 10.7. The van der Waals surface area contributed by atoms with Gasteiger partial charge in [-0.1, -0.05) is 11.6 Å². The summed E-state index contributed by atoms with van der Waals surface area (Å²) in [6, 6.07) is 9.20. The van der Waals surface area contributed by atoms with E-state index in [-0.39, 0.29) is 0 Å². The van der Waals surface area contributed by atoms with E-state index in [0.29, 0.717) is 11.4 Å². The van der Waals surface area contributed by atoms with Gasteiger partial charge in [0.25, 0.3) is 0 Å². The number of ether oxygens (including phenoxy) is 1. The first-order valence-corrected chi connectivity index (χ1v) is 4.73. The zero-order valence-electron chi connectivity index (χ0n) is 8.25. The molecule has 3 heteroatoms. The number of nitriles is 1. The van der Waals surface area contributed by atoms with Gasteiger partial charge in [-0.15, -0.1) is 0 Å². The summed E-state index contributed by atoms with van der Waals surface area (Å²) in [5, 5.41) is 9.25. The molecule has 14 heavy (non-hydrogen) atoms. The SMILES string of the molecule is CC(C)(CC#N)Oc1ccc(Cl)cc1. The summed E-state index contributed by atoms with van der Waals surface area (Å²) in [7, 11) is 0. The molecule has 0 unspecified atom stereocenters. The van der Waals surface area contributed by atoms with Crippen molar-refractivity contribution in [1.29, 1.82) is 5.26 Å².